The van der Waals surface area contributed by atoms with Gasteiger partial charge >= 0.3 is 5.97 Å². The summed E-state index contributed by atoms with van der Waals surface area (Å²) in [5, 5.41) is 0. The van der Waals surface area contributed by atoms with E-state index in [1.165, 1.54) is 0 Å². The third-order valence-corrected chi connectivity index (χ3v) is 2.22. The highest BCUT2D eigenvalue weighted by molar-refractivity contribution is 5.87. The molecule has 94 valence electrons. The van der Waals surface area contributed by atoms with Gasteiger partial charge in [-0.2, -0.15) is 0 Å². The standard InChI is InChI=1S/C14H20O3/c1-4-5-6-7-9-13(10-8-11-15)17-14(16)12(2)3/h11,13H,2,4-7,9H2,1,3H3. The lowest BCUT2D eigenvalue weighted by molar-refractivity contribution is -0.142. The highest BCUT2D eigenvalue weighted by Gasteiger charge is 2.11. The van der Waals surface area contributed by atoms with E-state index in [2.05, 4.69) is 25.3 Å². The molecule has 0 amide bonds. The molecule has 0 saturated heterocycles. The van der Waals surface area contributed by atoms with Crippen molar-refractivity contribution in [2.24, 2.45) is 0 Å². The molecule has 0 saturated carbocycles. The molecule has 0 heterocycles. The molecule has 0 aromatic rings. The molecule has 0 N–H and O–H groups in total. The fourth-order valence-electron chi connectivity index (χ4n) is 1.27. The maximum absolute atomic E-state index is 11.3. The first-order chi connectivity index (χ1) is 8.11. The Labute approximate surface area is 103 Å². The van der Waals surface area contributed by atoms with E-state index in [1.54, 1.807) is 6.92 Å². The van der Waals surface area contributed by atoms with Crippen LogP contribution in [0.1, 0.15) is 46.0 Å². The maximum Gasteiger partial charge on any atom is 0.334 e. The van der Waals surface area contributed by atoms with Gasteiger partial charge < -0.3 is 4.74 Å². The SMILES string of the molecule is C=C(C)C(=O)OC(C#CC=O)CCCCCC. The number of carbonyl (C=O) groups excluding carboxylic acids is 2. The molecule has 0 spiro atoms. The maximum atomic E-state index is 11.3. The van der Waals surface area contributed by atoms with Crippen LogP contribution in [0.4, 0.5) is 0 Å². The van der Waals surface area contributed by atoms with Crippen LogP contribution in [0.2, 0.25) is 0 Å². The summed E-state index contributed by atoms with van der Waals surface area (Å²) >= 11 is 0. The lowest BCUT2D eigenvalue weighted by Crippen LogP contribution is -2.17. The van der Waals surface area contributed by atoms with Gasteiger partial charge in [-0.05, 0) is 25.7 Å². The zero-order valence-electron chi connectivity index (χ0n) is 10.6. The van der Waals surface area contributed by atoms with Crippen molar-refractivity contribution in [3.8, 4) is 11.8 Å². The zero-order chi connectivity index (χ0) is 13.1. The number of hydrogen-bond donors (Lipinski definition) is 0. The molecule has 0 aromatic carbocycles. The number of rotatable bonds is 7. The van der Waals surface area contributed by atoms with Gasteiger partial charge in [0.2, 0.25) is 0 Å². The Kier molecular flexibility index (Phi) is 8.77. The number of unbranched alkanes of at least 4 members (excludes halogenated alkanes) is 3. The normalized spacial score (nSPS) is 10.9. The molecule has 1 atom stereocenters. The van der Waals surface area contributed by atoms with E-state index in [4.69, 9.17) is 4.74 Å². The molecule has 17 heavy (non-hydrogen) atoms. The third kappa shape index (κ3) is 8.27. The Bertz CT molecular complexity index is 320. The summed E-state index contributed by atoms with van der Waals surface area (Å²) in [7, 11) is 0. The van der Waals surface area contributed by atoms with E-state index in [1.807, 2.05) is 0 Å². The van der Waals surface area contributed by atoms with Crippen molar-refractivity contribution in [1.82, 2.24) is 0 Å². The van der Waals surface area contributed by atoms with Gasteiger partial charge in [-0.1, -0.05) is 38.7 Å². The largest absolute Gasteiger partial charge is 0.446 e. The van der Waals surface area contributed by atoms with Gasteiger partial charge in [0.25, 0.3) is 0 Å². The van der Waals surface area contributed by atoms with Crippen molar-refractivity contribution in [2.45, 2.75) is 52.1 Å². The number of aldehydes is 1. The smallest absolute Gasteiger partial charge is 0.334 e. The average Bonchev–Trinajstić information content (AvgIpc) is 2.30. The van der Waals surface area contributed by atoms with E-state index in [9.17, 15) is 9.59 Å². The molecule has 1 unspecified atom stereocenters. The second kappa shape index (κ2) is 9.65. The number of hydrogen-bond acceptors (Lipinski definition) is 3. The molecule has 0 bridgehead atoms. The van der Waals surface area contributed by atoms with Gasteiger partial charge in [-0.15, -0.1) is 0 Å². The predicted molar refractivity (Wildman–Crippen MR) is 67.3 cm³/mol. The van der Waals surface area contributed by atoms with Crippen molar-refractivity contribution in [3.05, 3.63) is 12.2 Å². The van der Waals surface area contributed by atoms with Gasteiger partial charge in [-0.3, -0.25) is 4.79 Å². The summed E-state index contributed by atoms with van der Waals surface area (Å²) < 4.78 is 5.12. The predicted octanol–water partition coefficient (Wildman–Crippen LogP) is 2.65. The van der Waals surface area contributed by atoms with Crippen molar-refractivity contribution < 1.29 is 14.3 Å². The van der Waals surface area contributed by atoms with E-state index in [0.29, 0.717) is 18.3 Å². The molecule has 0 aliphatic carbocycles. The van der Waals surface area contributed by atoms with E-state index in [0.717, 1.165) is 25.7 Å². The summed E-state index contributed by atoms with van der Waals surface area (Å²) in [4.78, 5) is 21.5. The second-order valence-electron chi connectivity index (χ2n) is 3.93. The minimum Gasteiger partial charge on any atom is -0.446 e. The molecule has 0 aliphatic heterocycles. The van der Waals surface area contributed by atoms with Gasteiger partial charge in [-0.25, -0.2) is 4.79 Å². The fourth-order valence-corrected chi connectivity index (χ4v) is 1.27. The molecule has 0 radical (unpaired) electrons. The van der Waals surface area contributed by atoms with Crippen LogP contribution in [0, 0.1) is 11.8 Å². The minimum absolute atomic E-state index is 0.344. The molecule has 0 aliphatic rings. The lowest BCUT2D eigenvalue weighted by Gasteiger charge is -2.12. The van der Waals surface area contributed by atoms with Crippen molar-refractivity contribution >= 4 is 12.3 Å². The zero-order valence-corrected chi connectivity index (χ0v) is 10.6. The Balaban J connectivity index is 4.19. The number of carbonyl (C=O) groups is 2. The van der Waals surface area contributed by atoms with Crippen molar-refractivity contribution in [3.63, 3.8) is 0 Å². The van der Waals surface area contributed by atoms with Crippen LogP contribution in [0.15, 0.2) is 12.2 Å². The van der Waals surface area contributed by atoms with Crippen LogP contribution < -0.4 is 0 Å². The van der Waals surface area contributed by atoms with Gasteiger partial charge in [0.05, 0.1) is 0 Å². The Morgan fingerprint density at radius 2 is 2.12 bits per heavy atom. The van der Waals surface area contributed by atoms with E-state index < -0.39 is 12.1 Å². The third-order valence-electron chi connectivity index (χ3n) is 2.22. The Morgan fingerprint density at radius 1 is 1.41 bits per heavy atom. The molecule has 3 heteroatoms. The molecule has 0 fully saturated rings. The topological polar surface area (TPSA) is 43.4 Å². The first-order valence-electron chi connectivity index (χ1n) is 5.93. The number of esters is 1. The fraction of sp³-hybridized carbons (Fsp3) is 0.571. The average molecular weight is 236 g/mol. The summed E-state index contributed by atoms with van der Waals surface area (Å²) in [5.74, 6) is 4.47. The minimum atomic E-state index is -0.499. The highest BCUT2D eigenvalue weighted by Crippen LogP contribution is 2.09. The monoisotopic (exact) mass is 236 g/mol. The van der Waals surface area contributed by atoms with Crippen LogP contribution in [0.25, 0.3) is 0 Å². The van der Waals surface area contributed by atoms with Crippen LogP contribution in [-0.4, -0.2) is 18.4 Å². The van der Waals surface area contributed by atoms with E-state index >= 15 is 0 Å². The van der Waals surface area contributed by atoms with E-state index in [-0.39, 0.29) is 0 Å². The van der Waals surface area contributed by atoms with Gasteiger partial charge in [0, 0.05) is 5.57 Å². The molecule has 0 rings (SSSR count). The van der Waals surface area contributed by atoms with Crippen molar-refractivity contribution in [2.75, 3.05) is 0 Å². The summed E-state index contributed by atoms with van der Waals surface area (Å²) in [5.41, 5.74) is 0.344. The molecular formula is C14H20O3. The first-order valence-corrected chi connectivity index (χ1v) is 5.93. The number of ether oxygens (including phenoxy) is 1. The second-order valence-corrected chi connectivity index (χ2v) is 3.93. The molecule has 0 aromatic heterocycles. The summed E-state index contributed by atoms with van der Waals surface area (Å²) in [6.07, 6.45) is 5.00. The Hall–Kier alpha value is -1.56. The summed E-state index contributed by atoms with van der Waals surface area (Å²) in [6.45, 7) is 7.22. The van der Waals surface area contributed by atoms with Gasteiger partial charge in [0.15, 0.2) is 12.4 Å². The molecular weight excluding hydrogens is 216 g/mol. The highest BCUT2D eigenvalue weighted by atomic mass is 16.5. The Morgan fingerprint density at radius 3 is 2.65 bits per heavy atom. The summed E-state index contributed by atoms with van der Waals surface area (Å²) in [6, 6.07) is 0. The van der Waals surface area contributed by atoms with Gasteiger partial charge in [0.1, 0.15) is 0 Å². The van der Waals surface area contributed by atoms with Crippen LogP contribution >= 0.6 is 0 Å². The lowest BCUT2D eigenvalue weighted by atomic mass is 10.1. The van der Waals surface area contributed by atoms with Crippen LogP contribution in [-0.2, 0) is 14.3 Å². The van der Waals surface area contributed by atoms with Crippen molar-refractivity contribution in [1.29, 1.82) is 0 Å². The molecule has 3 nitrogen and oxygen atoms in total. The van der Waals surface area contributed by atoms with Crippen LogP contribution in [0.3, 0.4) is 0 Å². The quantitative estimate of drug-likeness (QED) is 0.224. The van der Waals surface area contributed by atoms with Crippen LogP contribution in [0.5, 0.6) is 0 Å². The first kappa shape index (κ1) is 15.4.